The third-order valence-corrected chi connectivity index (χ3v) is 2.22. The van der Waals surface area contributed by atoms with Gasteiger partial charge in [-0.2, -0.15) is 0 Å². The summed E-state index contributed by atoms with van der Waals surface area (Å²) in [7, 11) is 0. The molecule has 1 nitrogen and oxygen atoms in total. The molecule has 0 radical (unpaired) electrons. The molecule has 2 unspecified atom stereocenters. The molecule has 0 saturated heterocycles. The first-order chi connectivity index (χ1) is 4.70. The average molecular weight is 139 g/mol. The van der Waals surface area contributed by atoms with E-state index in [4.69, 9.17) is 0 Å². The van der Waals surface area contributed by atoms with Crippen LogP contribution in [0.4, 0.5) is 0 Å². The van der Waals surface area contributed by atoms with Gasteiger partial charge < -0.3 is 5.11 Å². The fourth-order valence-electron chi connectivity index (χ4n) is 1.66. The van der Waals surface area contributed by atoms with Crippen molar-refractivity contribution < 1.29 is 5.11 Å². The fourth-order valence-corrected chi connectivity index (χ4v) is 1.66. The molecule has 0 N–H and O–H groups in total. The minimum absolute atomic E-state index is 0.0833. The molecule has 0 aliphatic heterocycles. The van der Waals surface area contributed by atoms with E-state index in [1.165, 1.54) is 25.2 Å². The summed E-state index contributed by atoms with van der Waals surface area (Å²) in [6.07, 6.45) is 6.24. The summed E-state index contributed by atoms with van der Waals surface area (Å²) in [6.45, 7) is 4.42. The maximum Gasteiger partial charge on any atom is -0.0383 e. The zero-order chi connectivity index (χ0) is 7.56. The van der Waals surface area contributed by atoms with Gasteiger partial charge >= 0.3 is 0 Å². The summed E-state index contributed by atoms with van der Waals surface area (Å²) in [4.78, 5) is 0. The first-order valence-corrected chi connectivity index (χ1v) is 4.02. The minimum atomic E-state index is -0.0833. The highest BCUT2D eigenvalue weighted by molar-refractivity contribution is 4.91. The van der Waals surface area contributed by atoms with E-state index >= 15 is 0 Å². The van der Waals surface area contributed by atoms with E-state index in [9.17, 15) is 5.11 Å². The van der Waals surface area contributed by atoms with Gasteiger partial charge in [0.25, 0.3) is 0 Å². The van der Waals surface area contributed by atoms with Crippen LogP contribution in [0.1, 0.15) is 32.6 Å². The van der Waals surface area contributed by atoms with E-state index in [1.807, 2.05) is 0 Å². The highest BCUT2D eigenvalue weighted by atomic mass is 16.3. The van der Waals surface area contributed by atoms with Gasteiger partial charge in [-0.3, -0.25) is 0 Å². The van der Waals surface area contributed by atoms with Crippen LogP contribution in [0.15, 0.2) is 12.3 Å². The molecule has 2 saturated carbocycles. The molecule has 58 valence electrons. The number of fused-ring (bicyclic) bond motifs is 1. The molecule has 10 heavy (non-hydrogen) atoms. The number of allylic oxidation sites excluding steroid dienone is 1. The molecule has 2 atom stereocenters. The second-order valence-corrected chi connectivity index (χ2v) is 3.39. The van der Waals surface area contributed by atoms with Crippen molar-refractivity contribution in [2.75, 3.05) is 0 Å². The van der Waals surface area contributed by atoms with Crippen molar-refractivity contribution in [3.05, 3.63) is 12.3 Å². The second-order valence-electron chi connectivity index (χ2n) is 3.39. The van der Waals surface area contributed by atoms with Crippen LogP contribution in [0.25, 0.3) is 0 Å². The van der Waals surface area contributed by atoms with Crippen LogP contribution in [0.2, 0.25) is 0 Å². The number of hydrogen-bond donors (Lipinski definition) is 0. The molecule has 2 aliphatic rings. The molecule has 0 heterocycles. The summed E-state index contributed by atoms with van der Waals surface area (Å²) >= 11 is 0. The van der Waals surface area contributed by atoms with Gasteiger partial charge in [0.2, 0.25) is 0 Å². The molecule has 2 fully saturated rings. The van der Waals surface area contributed by atoms with Gasteiger partial charge in [-0.05, 0) is 18.3 Å². The summed E-state index contributed by atoms with van der Waals surface area (Å²) in [5.74, 6) is 2.34. The van der Waals surface area contributed by atoms with Gasteiger partial charge in [-0.25, -0.2) is 0 Å². The van der Waals surface area contributed by atoms with Crippen molar-refractivity contribution in [2.24, 2.45) is 11.8 Å². The molecule has 1 heteroatoms. The largest absolute Gasteiger partial charge is 0.876 e. The van der Waals surface area contributed by atoms with Crippen LogP contribution in [0, 0.1) is 11.8 Å². The molecule has 0 amide bonds. The van der Waals surface area contributed by atoms with Crippen LogP contribution in [0.3, 0.4) is 0 Å². The zero-order valence-electron chi connectivity index (χ0n) is 6.60. The standard InChI is InChI=1S/C6H10.C3H6O/c1-2-5-4-6(5)3-1;1-3(2)4/h5-6H,1-4H2;4H,1H2,2H3/p-1. The zero-order valence-corrected chi connectivity index (χ0v) is 6.60. The molecule has 2 aliphatic carbocycles. The Balaban J connectivity index is 0.000000112. The van der Waals surface area contributed by atoms with Crippen LogP contribution in [-0.2, 0) is 0 Å². The smallest absolute Gasteiger partial charge is 0.0383 e. The Morgan fingerprint density at radius 1 is 1.40 bits per heavy atom. The highest BCUT2D eigenvalue weighted by Crippen LogP contribution is 2.51. The first kappa shape index (κ1) is 7.64. The Morgan fingerprint density at radius 3 is 1.90 bits per heavy atom. The Labute approximate surface area is 62.8 Å². The summed E-state index contributed by atoms with van der Waals surface area (Å²) in [5, 5.41) is 9.33. The maximum atomic E-state index is 9.33. The third kappa shape index (κ3) is 2.42. The van der Waals surface area contributed by atoms with Gasteiger partial charge in [0.1, 0.15) is 0 Å². The van der Waals surface area contributed by atoms with Crippen molar-refractivity contribution >= 4 is 0 Å². The van der Waals surface area contributed by atoms with Crippen molar-refractivity contribution in [2.45, 2.75) is 32.6 Å². The molecule has 0 aromatic rings. The van der Waals surface area contributed by atoms with Crippen molar-refractivity contribution in [1.29, 1.82) is 0 Å². The summed E-state index contributed by atoms with van der Waals surface area (Å²) in [6, 6.07) is 0. The van der Waals surface area contributed by atoms with E-state index in [1.54, 1.807) is 19.3 Å². The van der Waals surface area contributed by atoms with E-state index in [-0.39, 0.29) is 5.76 Å². The Hall–Kier alpha value is -0.460. The van der Waals surface area contributed by atoms with Gasteiger partial charge in [0.15, 0.2) is 0 Å². The quantitative estimate of drug-likeness (QED) is 0.468. The molecule has 0 bridgehead atoms. The summed E-state index contributed by atoms with van der Waals surface area (Å²) < 4.78 is 0. The predicted molar refractivity (Wildman–Crippen MR) is 40.3 cm³/mol. The molecule has 2 rings (SSSR count). The van der Waals surface area contributed by atoms with Crippen LogP contribution in [0.5, 0.6) is 0 Å². The first-order valence-electron chi connectivity index (χ1n) is 4.02. The van der Waals surface area contributed by atoms with E-state index in [0.717, 1.165) is 0 Å². The lowest BCUT2D eigenvalue weighted by Gasteiger charge is -1.92. The minimum Gasteiger partial charge on any atom is -0.876 e. The van der Waals surface area contributed by atoms with Crippen LogP contribution >= 0.6 is 0 Å². The average Bonchev–Trinajstić information content (AvgIpc) is 2.40. The number of rotatable bonds is 0. The predicted octanol–water partition coefficient (Wildman–Crippen LogP) is 1.69. The van der Waals surface area contributed by atoms with E-state index < -0.39 is 0 Å². The molecular formula is C9H15O-. The van der Waals surface area contributed by atoms with E-state index in [0.29, 0.717) is 0 Å². The van der Waals surface area contributed by atoms with Crippen LogP contribution in [-0.4, -0.2) is 0 Å². The Morgan fingerprint density at radius 2 is 1.80 bits per heavy atom. The van der Waals surface area contributed by atoms with Gasteiger partial charge in [-0.1, -0.05) is 26.2 Å². The lowest BCUT2D eigenvalue weighted by molar-refractivity contribution is -0.300. The normalized spacial score (nSPS) is 33.7. The SMILES string of the molecule is C1CC2CC2C1.C=C(C)[O-]. The maximum absolute atomic E-state index is 9.33. The highest BCUT2D eigenvalue weighted by Gasteiger charge is 2.40. The monoisotopic (exact) mass is 139 g/mol. The lowest BCUT2D eigenvalue weighted by atomic mass is 10.3. The van der Waals surface area contributed by atoms with E-state index in [2.05, 4.69) is 6.58 Å². The fraction of sp³-hybridized carbons (Fsp3) is 0.778. The third-order valence-electron chi connectivity index (χ3n) is 2.22. The Bertz CT molecular complexity index is 117. The summed E-state index contributed by atoms with van der Waals surface area (Å²) in [5.41, 5.74) is 0. The van der Waals surface area contributed by atoms with Gasteiger partial charge in [0, 0.05) is 0 Å². The molecular weight excluding hydrogens is 124 g/mol. The topological polar surface area (TPSA) is 23.1 Å². The van der Waals surface area contributed by atoms with Crippen molar-refractivity contribution in [3.63, 3.8) is 0 Å². The van der Waals surface area contributed by atoms with Crippen molar-refractivity contribution in [3.8, 4) is 0 Å². The molecule has 0 spiro atoms. The molecule has 0 aromatic heterocycles. The van der Waals surface area contributed by atoms with Crippen LogP contribution < -0.4 is 5.11 Å². The number of hydrogen-bond acceptors (Lipinski definition) is 1. The second kappa shape index (κ2) is 3.09. The Kier molecular flexibility index (Phi) is 2.36. The van der Waals surface area contributed by atoms with Crippen molar-refractivity contribution in [1.82, 2.24) is 0 Å². The molecule has 0 aromatic carbocycles. The lowest BCUT2D eigenvalue weighted by Crippen LogP contribution is -1.92. The van der Waals surface area contributed by atoms with Gasteiger partial charge in [0.05, 0.1) is 0 Å². The van der Waals surface area contributed by atoms with Gasteiger partial charge in [-0.15, -0.1) is 12.3 Å².